The van der Waals surface area contributed by atoms with Crippen LogP contribution in [-0.2, 0) is 16.4 Å². The fraction of sp³-hybridized carbons (Fsp3) is 0.429. The van der Waals surface area contributed by atoms with Crippen LogP contribution in [0.25, 0.3) is 0 Å². The van der Waals surface area contributed by atoms with E-state index in [1.165, 1.54) is 0 Å². The summed E-state index contributed by atoms with van der Waals surface area (Å²) < 4.78 is 25.9. The van der Waals surface area contributed by atoms with Crippen molar-refractivity contribution in [3.05, 3.63) is 54.4 Å². The van der Waals surface area contributed by atoms with Gasteiger partial charge in [-0.25, -0.2) is 13.2 Å². The van der Waals surface area contributed by atoms with E-state index in [0.29, 0.717) is 23.0 Å². The second kappa shape index (κ2) is 9.19. The van der Waals surface area contributed by atoms with Crippen LogP contribution in [0.2, 0.25) is 0 Å². The molecule has 150 valence electrons. The van der Waals surface area contributed by atoms with E-state index in [2.05, 4.69) is 22.5 Å². The second-order valence-electron chi connectivity index (χ2n) is 7.30. The number of hydrogen-bond acceptors (Lipinski definition) is 4. The molecule has 7 heteroatoms. The molecule has 1 aromatic heterocycles. The summed E-state index contributed by atoms with van der Waals surface area (Å²) in [5, 5.41) is 5.17. The molecule has 1 aromatic carbocycles. The quantitative estimate of drug-likeness (QED) is 0.761. The summed E-state index contributed by atoms with van der Waals surface area (Å²) in [6, 6.07) is 9.78. The lowest BCUT2D eigenvalue weighted by Crippen LogP contribution is -2.29. The molecular weight excluding hydrogens is 374 g/mol. The van der Waals surface area contributed by atoms with Gasteiger partial charge in [0.15, 0.2) is 9.84 Å². The minimum absolute atomic E-state index is 0.298. The zero-order chi connectivity index (χ0) is 20.0. The van der Waals surface area contributed by atoms with E-state index in [1.807, 2.05) is 12.1 Å². The lowest BCUT2D eigenvalue weighted by Gasteiger charge is -2.28. The first kappa shape index (κ1) is 20.3. The maximum atomic E-state index is 12.9. The fourth-order valence-corrected chi connectivity index (χ4v) is 5.58. The van der Waals surface area contributed by atoms with Gasteiger partial charge < -0.3 is 10.6 Å². The van der Waals surface area contributed by atoms with Crippen molar-refractivity contribution < 1.29 is 13.2 Å². The highest BCUT2D eigenvalue weighted by atomic mass is 32.2. The summed E-state index contributed by atoms with van der Waals surface area (Å²) in [6.07, 6.45) is 7.97. The van der Waals surface area contributed by atoms with Gasteiger partial charge in [-0.05, 0) is 54.7 Å². The Morgan fingerprint density at radius 1 is 1.18 bits per heavy atom. The van der Waals surface area contributed by atoms with Crippen LogP contribution in [0.1, 0.15) is 44.6 Å². The van der Waals surface area contributed by atoms with Gasteiger partial charge in [-0.15, -0.1) is 0 Å². The number of rotatable bonds is 6. The Kier molecular flexibility index (Phi) is 6.67. The van der Waals surface area contributed by atoms with Crippen LogP contribution in [0, 0.1) is 5.92 Å². The molecule has 3 rings (SSSR count). The summed E-state index contributed by atoms with van der Waals surface area (Å²) in [6.45, 7) is 2.49. The van der Waals surface area contributed by atoms with Crippen LogP contribution in [0.15, 0.2) is 53.7 Å². The Morgan fingerprint density at radius 2 is 1.96 bits per heavy atom. The predicted molar refractivity (Wildman–Crippen MR) is 110 cm³/mol. The van der Waals surface area contributed by atoms with Gasteiger partial charge in [-0.3, -0.25) is 4.98 Å². The second-order valence-corrected chi connectivity index (χ2v) is 9.53. The molecule has 2 unspecified atom stereocenters. The van der Waals surface area contributed by atoms with Gasteiger partial charge in [0.05, 0.1) is 10.1 Å². The smallest absolute Gasteiger partial charge is 0.319 e. The molecule has 1 fully saturated rings. The highest BCUT2D eigenvalue weighted by Crippen LogP contribution is 2.33. The van der Waals surface area contributed by atoms with Crippen LogP contribution in [-0.4, -0.2) is 24.7 Å². The molecule has 0 bridgehead atoms. The minimum atomic E-state index is -3.33. The first-order valence-corrected chi connectivity index (χ1v) is 11.3. The van der Waals surface area contributed by atoms with E-state index in [0.717, 1.165) is 37.7 Å². The molecular formula is C21H27N3O3S. The lowest BCUT2D eigenvalue weighted by atomic mass is 9.87. The van der Waals surface area contributed by atoms with Crippen molar-refractivity contribution in [1.82, 2.24) is 10.3 Å². The van der Waals surface area contributed by atoms with Crippen LogP contribution < -0.4 is 10.6 Å². The number of nitrogens with one attached hydrogen (secondary N) is 2. The highest BCUT2D eigenvalue weighted by molar-refractivity contribution is 7.92. The molecule has 2 amide bonds. The molecule has 0 spiro atoms. The number of nitrogens with zero attached hydrogens (tertiary/aromatic N) is 1. The Hall–Kier alpha value is -2.41. The largest absolute Gasteiger partial charge is 0.334 e. The summed E-state index contributed by atoms with van der Waals surface area (Å²) >= 11 is 0. The van der Waals surface area contributed by atoms with Gasteiger partial charge in [-0.2, -0.15) is 0 Å². The molecule has 2 aromatic rings. The number of hydrogen-bond donors (Lipinski definition) is 2. The summed E-state index contributed by atoms with van der Waals surface area (Å²) in [5.41, 5.74) is 1.45. The van der Waals surface area contributed by atoms with Gasteiger partial charge in [0, 0.05) is 24.6 Å². The highest BCUT2D eigenvalue weighted by Gasteiger charge is 2.32. The Morgan fingerprint density at radius 3 is 2.64 bits per heavy atom. The van der Waals surface area contributed by atoms with Gasteiger partial charge in [0.2, 0.25) is 0 Å². The molecule has 1 aliphatic rings. The molecule has 2 N–H and O–H groups in total. The van der Waals surface area contributed by atoms with E-state index < -0.39 is 9.84 Å². The third kappa shape index (κ3) is 5.10. The number of urea groups is 1. The number of amides is 2. The van der Waals surface area contributed by atoms with Crippen molar-refractivity contribution in [1.29, 1.82) is 0 Å². The van der Waals surface area contributed by atoms with Crippen molar-refractivity contribution in [3.8, 4) is 0 Å². The average molecular weight is 402 g/mol. The summed E-state index contributed by atoms with van der Waals surface area (Å²) in [5.74, 6) is 0.498. The van der Waals surface area contributed by atoms with Crippen LogP contribution in [0.5, 0.6) is 0 Å². The molecule has 28 heavy (non-hydrogen) atoms. The van der Waals surface area contributed by atoms with Gasteiger partial charge in [0.1, 0.15) is 0 Å². The molecule has 1 heterocycles. The zero-order valence-corrected chi connectivity index (χ0v) is 16.9. The van der Waals surface area contributed by atoms with Gasteiger partial charge >= 0.3 is 6.03 Å². The zero-order valence-electron chi connectivity index (χ0n) is 16.1. The fourth-order valence-electron chi connectivity index (χ4n) is 3.68. The number of benzene rings is 1. The van der Waals surface area contributed by atoms with Crippen LogP contribution >= 0.6 is 0 Å². The third-order valence-corrected chi connectivity index (χ3v) is 7.60. The SMILES string of the molecule is CCC1CCCC(S(=O)(=O)c2ccc(NC(=O)NCc3cccnc3)cc2)C1. The molecule has 0 saturated heterocycles. The number of carbonyl (C=O) groups is 1. The molecule has 1 aliphatic carbocycles. The van der Waals surface area contributed by atoms with E-state index >= 15 is 0 Å². The van der Waals surface area contributed by atoms with Crippen molar-refractivity contribution in [2.75, 3.05) is 5.32 Å². The van der Waals surface area contributed by atoms with Crippen LogP contribution in [0.4, 0.5) is 10.5 Å². The first-order chi connectivity index (χ1) is 13.5. The number of anilines is 1. The summed E-state index contributed by atoms with van der Waals surface area (Å²) in [7, 11) is -3.33. The monoisotopic (exact) mass is 401 g/mol. The molecule has 0 radical (unpaired) electrons. The molecule has 2 atom stereocenters. The number of sulfone groups is 1. The Bertz CT molecular complexity index is 883. The first-order valence-electron chi connectivity index (χ1n) is 9.76. The standard InChI is InChI=1S/C21H27N3O3S/c1-2-16-5-3-7-20(13-16)28(26,27)19-10-8-18(9-11-19)24-21(25)23-15-17-6-4-12-22-14-17/h4,6,8-12,14,16,20H,2-3,5,7,13,15H2,1H3,(H2,23,24,25). The van der Waals surface area contributed by atoms with Gasteiger partial charge in [0.25, 0.3) is 0 Å². The third-order valence-electron chi connectivity index (χ3n) is 5.37. The predicted octanol–water partition coefficient (Wildman–Crippen LogP) is 4.15. The molecule has 1 saturated carbocycles. The van der Waals surface area contributed by atoms with Crippen molar-refractivity contribution in [2.24, 2.45) is 5.92 Å². The van der Waals surface area contributed by atoms with E-state index in [-0.39, 0.29) is 11.3 Å². The van der Waals surface area contributed by atoms with Crippen molar-refractivity contribution in [3.63, 3.8) is 0 Å². The minimum Gasteiger partial charge on any atom is -0.334 e. The lowest BCUT2D eigenvalue weighted by molar-refractivity contribution is 0.251. The molecule has 0 aliphatic heterocycles. The number of pyridine rings is 1. The van der Waals surface area contributed by atoms with Crippen molar-refractivity contribution >= 4 is 21.6 Å². The number of carbonyl (C=O) groups excluding carboxylic acids is 1. The van der Waals surface area contributed by atoms with E-state index in [1.54, 1.807) is 36.7 Å². The maximum Gasteiger partial charge on any atom is 0.319 e. The Balaban J connectivity index is 1.58. The molecule has 6 nitrogen and oxygen atoms in total. The van der Waals surface area contributed by atoms with E-state index in [9.17, 15) is 13.2 Å². The van der Waals surface area contributed by atoms with Gasteiger partial charge in [-0.1, -0.05) is 32.3 Å². The topological polar surface area (TPSA) is 88.2 Å². The average Bonchev–Trinajstić information content (AvgIpc) is 2.73. The maximum absolute atomic E-state index is 12.9. The summed E-state index contributed by atoms with van der Waals surface area (Å²) in [4.78, 5) is 16.4. The van der Waals surface area contributed by atoms with Crippen LogP contribution in [0.3, 0.4) is 0 Å². The Labute approximate surface area is 166 Å². The van der Waals surface area contributed by atoms with Crippen molar-refractivity contribution in [2.45, 2.75) is 55.7 Å². The van der Waals surface area contributed by atoms with E-state index in [4.69, 9.17) is 0 Å². The number of aromatic nitrogens is 1. The normalized spacial score (nSPS) is 19.8.